The van der Waals surface area contributed by atoms with Gasteiger partial charge in [-0.1, -0.05) is 45.0 Å². The third-order valence-electron chi connectivity index (χ3n) is 7.80. The second-order valence-electron chi connectivity index (χ2n) is 15.4. The summed E-state index contributed by atoms with van der Waals surface area (Å²) >= 11 is 0. The maximum Gasteiger partial charge on any atom is 0.425 e. The van der Waals surface area contributed by atoms with Gasteiger partial charge in [0, 0.05) is 23.4 Å². The third-order valence-corrected chi connectivity index (χ3v) is 12.4. The van der Waals surface area contributed by atoms with Crippen molar-refractivity contribution in [2.24, 2.45) is 0 Å². The van der Waals surface area contributed by atoms with Crippen molar-refractivity contribution >= 4 is 48.8 Å². The molecule has 0 spiro atoms. The van der Waals surface area contributed by atoms with Crippen molar-refractivity contribution in [1.29, 1.82) is 0 Å². The number of hydrogen-bond acceptors (Lipinski definition) is 8. The standard InChI is InChI=1S/C36H51N3O7Si/c1-23(46-47(11,12)36(8,9)10)21-24-13-15-25(16-14-24)29(31(40)41)38-27-17-18-28-26(22-27)19-20-37-30(28)39(32(42)44-34(2,3)4)33(43)45-35(5,6)7/h13-20,22-23,29,38H,21H2,1-12H3,(H,40,41). The Labute approximate surface area is 279 Å². The summed E-state index contributed by atoms with van der Waals surface area (Å²) in [4.78, 5) is 44.0. The molecule has 11 heteroatoms. The molecule has 47 heavy (non-hydrogen) atoms. The number of carboxylic acids is 1. The number of aliphatic carboxylic acids is 1. The summed E-state index contributed by atoms with van der Waals surface area (Å²) in [6.07, 6.45) is 0.372. The van der Waals surface area contributed by atoms with Crippen LogP contribution in [0.15, 0.2) is 54.7 Å². The molecule has 0 saturated carbocycles. The summed E-state index contributed by atoms with van der Waals surface area (Å²) in [5.41, 5.74) is 0.438. The lowest BCUT2D eigenvalue weighted by atomic mass is 10.0. The summed E-state index contributed by atoms with van der Waals surface area (Å²) in [5, 5.41) is 14.5. The second-order valence-corrected chi connectivity index (χ2v) is 20.2. The van der Waals surface area contributed by atoms with E-state index in [1.54, 1.807) is 65.8 Å². The van der Waals surface area contributed by atoms with Crippen molar-refractivity contribution in [3.05, 3.63) is 65.9 Å². The van der Waals surface area contributed by atoms with Crippen molar-refractivity contribution in [3.63, 3.8) is 0 Å². The molecule has 2 aromatic carbocycles. The maximum atomic E-state index is 13.2. The highest BCUT2D eigenvalue weighted by molar-refractivity contribution is 6.74. The molecule has 3 aromatic rings. The smallest absolute Gasteiger partial charge is 0.425 e. The zero-order chi connectivity index (χ0) is 35.5. The first kappa shape index (κ1) is 37.5. The normalized spacial score (nSPS) is 13.9. The lowest BCUT2D eigenvalue weighted by molar-refractivity contribution is -0.138. The van der Waals surface area contributed by atoms with Crippen LogP contribution in [0.3, 0.4) is 0 Å². The molecule has 0 fully saturated rings. The van der Waals surface area contributed by atoms with Crippen LogP contribution in [0.5, 0.6) is 0 Å². The lowest BCUT2D eigenvalue weighted by Crippen LogP contribution is -2.44. The molecule has 0 aliphatic carbocycles. The number of nitrogens with zero attached hydrogens (tertiary/aromatic N) is 2. The molecule has 0 radical (unpaired) electrons. The highest BCUT2D eigenvalue weighted by Crippen LogP contribution is 2.38. The first-order chi connectivity index (χ1) is 21.5. The van der Waals surface area contributed by atoms with Crippen LogP contribution < -0.4 is 10.2 Å². The summed E-state index contributed by atoms with van der Waals surface area (Å²) in [5.74, 6) is -1.00. The molecule has 0 aliphatic rings. The van der Waals surface area contributed by atoms with Gasteiger partial charge in [-0.15, -0.1) is 0 Å². The number of carbonyl (C=O) groups is 3. The van der Waals surface area contributed by atoms with Gasteiger partial charge in [-0.2, -0.15) is 4.90 Å². The van der Waals surface area contributed by atoms with Gasteiger partial charge in [0.25, 0.3) is 0 Å². The first-order valence-corrected chi connectivity index (χ1v) is 18.8. The highest BCUT2D eigenvalue weighted by atomic mass is 28.4. The average Bonchev–Trinajstić information content (AvgIpc) is 2.89. The molecule has 2 amide bonds. The summed E-state index contributed by atoms with van der Waals surface area (Å²) in [7, 11) is -1.91. The van der Waals surface area contributed by atoms with Gasteiger partial charge < -0.3 is 24.3 Å². The molecule has 256 valence electrons. The number of aromatic nitrogens is 1. The minimum absolute atomic E-state index is 0.0358. The topological polar surface area (TPSA) is 127 Å². The number of amides is 2. The predicted octanol–water partition coefficient (Wildman–Crippen LogP) is 9.10. The van der Waals surface area contributed by atoms with E-state index in [2.05, 4.69) is 51.1 Å². The van der Waals surface area contributed by atoms with Crippen LogP contribution in [0, 0.1) is 0 Å². The number of imide groups is 1. The van der Waals surface area contributed by atoms with E-state index in [1.165, 1.54) is 6.20 Å². The number of ether oxygens (including phenoxy) is 2. The number of carboxylic acid groups (broad SMARTS) is 1. The minimum atomic E-state index is -1.91. The number of carbonyl (C=O) groups excluding carboxylic acids is 2. The van der Waals surface area contributed by atoms with Gasteiger partial charge in [-0.3, -0.25) is 0 Å². The molecule has 0 saturated heterocycles. The Morgan fingerprint density at radius 2 is 1.43 bits per heavy atom. The van der Waals surface area contributed by atoms with Gasteiger partial charge in [-0.05, 0) is 114 Å². The van der Waals surface area contributed by atoms with Crippen LogP contribution >= 0.6 is 0 Å². The van der Waals surface area contributed by atoms with E-state index in [0.717, 1.165) is 16.9 Å². The van der Waals surface area contributed by atoms with Crippen molar-refractivity contribution < 1.29 is 33.4 Å². The lowest BCUT2D eigenvalue weighted by Gasteiger charge is -2.38. The van der Waals surface area contributed by atoms with Crippen LogP contribution in [0.25, 0.3) is 10.8 Å². The molecule has 3 rings (SSSR count). The Balaban J connectivity index is 1.88. The molecular weight excluding hydrogens is 614 g/mol. The van der Waals surface area contributed by atoms with E-state index in [0.29, 0.717) is 22.0 Å². The zero-order valence-electron chi connectivity index (χ0n) is 29.8. The second kappa shape index (κ2) is 14.0. The molecule has 2 unspecified atom stereocenters. The van der Waals surface area contributed by atoms with Crippen LogP contribution in [-0.2, 0) is 25.1 Å². The van der Waals surface area contributed by atoms with E-state index in [4.69, 9.17) is 13.9 Å². The van der Waals surface area contributed by atoms with E-state index in [-0.39, 0.29) is 17.0 Å². The number of benzene rings is 2. The summed E-state index contributed by atoms with van der Waals surface area (Å²) < 4.78 is 17.5. The molecular formula is C36H51N3O7Si. The fraction of sp³-hybridized carbons (Fsp3) is 0.500. The summed E-state index contributed by atoms with van der Waals surface area (Å²) in [6, 6.07) is 13.3. The van der Waals surface area contributed by atoms with Crippen LogP contribution in [0.2, 0.25) is 18.1 Å². The molecule has 0 aliphatic heterocycles. The van der Waals surface area contributed by atoms with E-state index in [9.17, 15) is 19.5 Å². The van der Waals surface area contributed by atoms with Crippen molar-refractivity contribution in [1.82, 2.24) is 4.98 Å². The number of rotatable bonds is 9. The van der Waals surface area contributed by atoms with Crippen LogP contribution in [0.4, 0.5) is 21.1 Å². The fourth-order valence-electron chi connectivity index (χ4n) is 4.65. The van der Waals surface area contributed by atoms with E-state index < -0.39 is 43.7 Å². The third kappa shape index (κ3) is 10.3. The van der Waals surface area contributed by atoms with Gasteiger partial charge in [-0.25, -0.2) is 19.4 Å². The van der Waals surface area contributed by atoms with Crippen LogP contribution in [0.1, 0.15) is 86.4 Å². The molecule has 1 aromatic heterocycles. The molecule has 2 atom stereocenters. The Hall–Kier alpha value is -3.96. The number of anilines is 2. The minimum Gasteiger partial charge on any atom is -0.479 e. The fourth-order valence-corrected chi connectivity index (χ4v) is 6.09. The Morgan fingerprint density at radius 3 is 1.91 bits per heavy atom. The Kier molecular flexibility index (Phi) is 11.2. The number of pyridine rings is 1. The summed E-state index contributed by atoms with van der Waals surface area (Å²) in [6.45, 7) is 23.4. The largest absolute Gasteiger partial charge is 0.479 e. The van der Waals surface area contributed by atoms with Gasteiger partial charge >= 0.3 is 18.2 Å². The highest BCUT2D eigenvalue weighted by Gasteiger charge is 2.38. The quantitative estimate of drug-likeness (QED) is 0.215. The predicted molar refractivity (Wildman–Crippen MR) is 189 cm³/mol. The van der Waals surface area contributed by atoms with Gasteiger partial charge in [0.15, 0.2) is 20.2 Å². The van der Waals surface area contributed by atoms with E-state index >= 15 is 0 Å². The van der Waals surface area contributed by atoms with Gasteiger partial charge in [0.1, 0.15) is 11.2 Å². The number of nitrogens with one attached hydrogen (secondary N) is 1. The average molecular weight is 666 g/mol. The first-order valence-electron chi connectivity index (χ1n) is 15.9. The molecule has 1 heterocycles. The SMILES string of the molecule is CC(Cc1ccc(C(Nc2ccc3c(N(C(=O)OC(C)(C)C)C(=O)OC(C)(C)C)nccc3c2)C(=O)O)cc1)O[Si](C)(C)C(C)(C)C. The van der Waals surface area contributed by atoms with Crippen LogP contribution in [-0.4, -0.2) is 53.9 Å². The van der Waals surface area contributed by atoms with Gasteiger partial charge in [0.05, 0.1) is 0 Å². The Morgan fingerprint density at radius 1 is 0.872 bits per heavy atom. The molecule has 0 bridgehead atoms. The van der Waals surface area contributed by atoms with Gasteiger partial charge in [0.2, 0.25) is 0 Å². The molecule has 2 N–H and O–H groups in total. The monoisotopic (exact) mass is 665 g/mol. The Bertz CT molecular complexity index is 1560. The van der Waals surface area contributed by atoms with Crippen molar-refractivity contribution in [2.45, 2.75) is 117 Å². The van der Waals surface area contributed by atoms with Crippen molar-refractivity contribution in [2.75, 3.05) is 10.2 Å². The molecule has 10 nitrogen and oxygen atoms in total. The van der Waals surface area contributed by atoms with E-state index in [1.807, 2.05) is 24.3 Å². The maximum absolute atomic E-state index is 13.2. The van der Waals surface area contributed by atoms with Crippen molar-refractivity contribution in [3.8, 4) is 0 Å². The number of fused-ring (bicyclic) bond motifs is 1. The zero-order valence-corrected chi connectivity index (χ0v) is 30.8. The number of hydrogen-bond donors (Lipinski definition) is 2.